The van der Waals surface area contributed by atoms with Gasteiger partial charge in [-0.05, 0) is 46.8 Å². The molecule has 10 heavy (non-hydrogen) atoms. The molecule has 1 aromatic heterocycles. The van der Waals surface area contributed by atoms with Gasteiger partial charge in [0.25, 0.3) is 0 Å². The van der Waals surface area contributed by atoms with Crippen LogP contribution in [0, 0.1) is 0 Å². The first kappa shape index (κ1) is 6.28. The molecule has 52 valence electrons. The van der Waals surface area contributed by atoms with E-state index in [1.165, 1.54) is 24.1 Å². The normalized spacial score (nSPS) is 15.3. The van der Waals surface area contributed by atoms with Crippen molar-refractivity contribution in [2.75, 3.05) is 0 Å². The van der Waals surface area contributed by atoms with Crippen LogP contribution in [0.25, 0.3) is 0 Å². The summed E-state index contributed by atoms with van der Waals surface area (Å²) >= 11 is 3.29. The second kappa shape index (κ2) is 2.31. The molecular formula is C7H7BrN2. The van der Waals surface area contributed by atoms with Crippen molar-refractivity contribution in [1.82, 2.24) is 10.2 Å². The third-order valence-corrected chi connectivity index (χ3v) is 2.18. The van der Waals surface area contributed by atoms with E-state index in [0.717, 1.165) is 11.0 Å². The van der Waals surface area contributed by atoms with Crippen LogP contribution in [0.2, 0.25) is 0 Å². The predicted molar refractivity (Wildman–Crippen MR) is 41.8 cm³/mol. The van der Waals surface area contributed by atoms with Crippen molar-refractivity contribution in [1.29, 1.82) is 0 Å². The molecule has 1 heterocycles. The molecule has 3 heteroatoms. The molecule has 0 saturated carbocycles. The van der Waals surface area contributed by atoms with E-state index in [0.29, 0.717) is 0 Å². The third kappa shape index (κ3) is 0.944. The molecule has 0 spiro atoms. The molecule has 0 aliphatic heterocycles. The van der Waals surface area contributed by atoms with Gasteiger partial charge in [-0.1, -0.05) is 0 Å². The Labute approximate surface area is 67.8 Å². The predicted octanol–water partition coefficient (Wildman–Crippen LogP) is 1.73. The molecule has 0 unspecified atom stereocenters. The molecule has 1 aliphatic carbocycles. The van der Waals surface area contributed by atoms with E-state index in [9.17, 15) is 0 Å². The maximum absolute atomic E-state index is 4.06. The van der Waals surface area contributed by atoms with E-state index in [4.69, 9.17) is 0 Å². The van der Waals surface area contributed by atoms with Gasteiger partial charge in [0.1, 0.15) is 4.60 Å². The van der Waals surface area contributed by atoms with E-state index in [1.807, 2.05) is 0 Å². The van der Waals surface area contributed by atoms with E-state index in [2.05, 4.69) is 32.2 Å². The van der Waals surface area contributed by atoms with Crippen molar-refractivity contribution < 1.29 is 0 Å². The zero-order valence-electron chi connectivity index (χ0n) is 5.47. The first-order chi connectivity index (χ1) is 4.86. The Balaban J connectivity index is 2.52. The summed E-state index contributed by atoms with van der Waals surface area (Å²) in [6.45, 7) is 0. The van der Waals surface area contributed by atoms with Crippen LogP contribution in [0.1, 0.15) is 17.7 Å². The number of fused-ring (bicyclic) bond motifs is 1. The Morgan fingerprint density at radius 2 is 2.20 bits per heavy atom. The van der Waals surface area contributed by atoms with Gasteiger partial charge in [0.15, 0.2) is 0 Å². The Hall–Kier alpha value is -0.440. The largest absolute Gasteiger partial charge is 0.154 e. The van der Waals surface area contributed by atoms with Crippen molar-refractivity contribution in [3.05, 3.63) is 21.9 Å². The van der Waals surface area contributed by atoms with Gasteiger partial charge in [0.05, 0.1) is 5.69 Å². The van der Waals surface area contributed by atoms with Crippen LogP contribution in [-0.2, 0) is 12.8 Å². The zero-order valence-corrected chi connectivity index (χ0v) is 7.06. The second-order valence-corrected chi connectivity index (χ2v) is 3.31. The first-order valence-electron chi connectivity index (χ1n) is 3.37. The van der Waals surface area contributed by atoms with Gasteiger partial charge >= 0.3 is 0 Å². The molecule has 0 atom stereocenters. The fourth-order valence-corrected chi connectivity index (χ4v) is 1.66. The van der Waals surface area contributed by atoms with Crippen molar-refractivity contribution in [2.24, 2.45) is 0 Å². The molecule has 0 bridgehead atoms. The SMILES string of the molecule is Brc1cc2c(nn1)CCC2. The van der Waals surface area contributed by atoms with Gasteiger partial charge in [-0.25, -0.2) is 0 Å². The highest BCUT2D eigenvalue weighted by Crippen LogP contribution is 2.20. The van der Waals surface area contributed by atoms with E-state index >= 15 is 0 Å². The summed E-state index contributed by atoms with van der Waals surface area (Å²) in [5, 5.41) is 7.98. The van der Waals surface area contributed by atoms with Gasteiger partial charge < -0.3 is 0 Å². The topological polar surface area (TPSA) is 25.8 Å². The number of rotatable bonds is 0. The quantitative estimate of drug-likeness (QED) is 0.635. The lowest BCUT2D eigenvalue weighted by Gasteiger charge is -1.94. The van der Waals surface area contributed by atoms with Gasteiger partial charge in [0, 0.05) is 0 Å². The van der Waals surface area contributed by atoms with E-state index in [-0.39, 0.29) is 0 Å². The number of aryl methyl sites for hydroxylation is 2. The number of hydrogen-bond acceptors (Lipinski definition) is 2. The highest BCUT2D eigenvalue weighted by atomic mass is 79.9. The summed E-state index contributed by atoms with van der Waals surface area (Å²) in [6.07, 6.45) is 3.51. The molecule has 0 aromatic carbocycles. The number of nitrogens with zero attached hydrogens (tertiary/aromatic N) is 2. The third-order valence-electron chi connectivity index (χ3n) is 1.79. The lowest BCUT2D eigenvalue weighted by molar-refractivity contribution is 0.875. The molecule has 0 fully saturated rings. The molecule has 0 amide bonds. The minimum Gasteiger partial charge on any atom is -0.154 e. The molecular weight excluding hydrogens is 192 g/mol. The Kier molecular flexibility index (Phi) is 1.45. The lowest BCUT2D eigenvalue weighted by Crippen LogP contribution is -1.90. The van der Waals surface area contributed by atoms with Crippen molar-refractivity contribution >= 4 is 15.9 Å². The summed E-state index contributed by atoms with van der Waals surface area (Å²) in [6, 6.07) is 2.06. The van der Waals surface area contributed by atoms with Gasteiger partial charge in [-0.3, -0.25) is 0 Å². The molecule has 2 nitrogen and oxygen atoms in total. The smallest absolute Gasteiger partial charge is 0.129 e. The monoisotopic (exact) mass is 198 g/mol. The minimum absolute atomic E-state index is 0.855. The highest BCUT2D eigenvalue weighted by molar-refractivity contribution is 9.10. The summed E-state index contributed by atoms with van der Waals surface area (Å²) in [5.74, 6) is 0. The average molecular weight is 199 g/mol. The molecule has 0 saturated heterocycles. The zero-order chi connectivity index (χ0) is 6.97. The summed E-state index contributed by atoms with van der Waals surface area (Å²) in [7, 11) is 0. The molecule has 1 aromatic rings. The molecule has 0 radical (unpaired) electrons. The van der Waals surface area contributed by atoms with Crippen LogP contribution in [0.4, 0.5) is 0 Å². The van der Waals surface area contributed by atoms with Gasteiger partial charge in [-0.2, -0.15) is 5.10 Å². The number of hydrogen-bond donors (Lipinski definition) is 0. The average Bonchev–Trinajstić information content (AvgIpc) is 2.33. The Morgan fingerprint density at radius 1 is 1.30 bits per heavy atom. The summed E-state index contributed by atoms with van der Waals surface area (Å²) < 4.78 is 0.855. The fourth-order valence-electron chi connectivity index (χ4n) is 1.30. The first-order valence-corrected chi connectivity index (χ1v) is 4.16. The maximum atomic E-state index is 4.06. The molecule has 2 rings (SSSR count). The van der Waals surface area contributed by atoms with Crippen LogP contribution in [0.5, 0.6) is 0 Å². The van der Waals surface area contributed by atoms with Gasteiger partial charge in [0.2, 0.25) is 0 Å². The van der Waals surface area contributed by atoms with E-state index < -0.39 is 0 Å². The van der Waals surface area contributed by atoms with Gasteiger partial charge in [-0.15, -0.1) is 5.10 Å². The minimum atomic E-state index is 0.855. The van der Waals surface area contributed by atoms with Crippen LogP contribution >= 0.6 is 15.9 Å². The summed E-state index contributed by atoms with van der Waals surface area (Å²) in [4.78, 5) is 0. The van der Waals surface area contributed by atoms with Crippen molar-refractivity contribution in [2.45, 2.75) is 19.3 Å². The van der Waals surface area contributed by atoms with Crippen molar-refractivity contribution in [3.63, 3.8) is 0 Å². The van der Waals surface area contributed by atoms with Crippen LogP contribution in [0.15, 0.2) is 10.7 Å². The van der Waals surface area contributed by atoms with Crippen LogP contribution in [0.3, 0.4) is 0 Å². The lowest BCUT2D eigenvalue weighted by atomic mass is 10.2. The fraction of sp³-hybridized carbons (Fsp3) is 0.429. The molecule has 0 N–H and O–H groups in total. The van der Waals surface area contributed by atoms with Crippen LogP contribution in [-0.4, -0.2) is 10.2 Å². The maximum Gasteiger partial charge on any atom is 0.129 e. The molecule has 1 aliphatic rings. The van der Waals surface area contributed by atoms with Crippen molar-refractivity contribution in [3.8, 4) is 0 Å². The highest BCUT2D eigenvalue weighted by Gasteiger charge is 2.12. The van der Waals surface area contributed by atoms with E-state index in [1.54, 1.807) is 0 Å². The number of aromatic nitrogens is 2. The standard InChI is InChI=1S/C7H7BrN2/c8-7-4-5-2-1-3-6(5)9-10-7/h4H,1-3H2. The Bertz CT molecular complexity index is 260. The van der Waals surface area contributed by atoms with Crippen LogP contribution < -0.4 is 0 Å². The summed E-state index contributed by atoms with van der Waals surface area (Å²) in [5.41, 5.74) is 2.55. The number of halogens is 1. The Morgan fingerprint density at radius 3 is 3.10 bits per heavy atom. The second-order valence-electron chi connectivity index (χ2n) is 2.49.